The molecule has 6 nitrogen and oxygen atoms in total. The lowest BCUT2D eigenvalue weighted by molar-refractivity contribution is -0.159. The van der Waals surface area contributed by atoms with Gasteiger partial charge in [0.25, 0.3) is 0 Å². The number of rotatable bonds is 4. The number of halogens is 3. The van der Waals surface area contributed by atoms with Gasteiger partial charge in [0, 0.05) is 42.7 Å². The number of aromatic nitrogens is 3. The Kier molecular flexibility index (Phi) is 4.23. The molecule has 0 saturated heterocycles. The van der Waals surface area contributed by atoms with Gasteiger partial charge in [0.2, 0.25) is 11.7 Å². The zero-order valence-corrected chi connectivity index (χ0v) is 13.5. The molecule has 0 unspecified atom stereocenters. The highest BCUT2D eigenvalue weighted by Crippen LogP contribution is 2.31. The first-order valence-electron chi connectivity index (χ1n) is 7.51. The number of aryl methyl sites for hydroxylation is 1. The highest BCUT2D eigenvalue weighted by atomic mass is 19.4. The maximum Gasteiger partial charge on any atom is 0.471 e. The summed E-state index contributed by atoms with van der Waals surface area (Å²) in [6.07, 6.45) is -2.74. The van der Waals surface area contributed by atoms with Gasteiger partial charge in [-0.1, -0.05) is 5.16 Å². The summed E-state index contributed by atoms with van der Waals surface area (Å²) < 4.78 is 44.0. The second kappa shape index (κ2) is 6.23. The molecule has 132 valence electrons. The quantitative estimate of drug-likeness (QED) is 0.783. The average molecular weight is 352 g/mol. The van der Waals surface area contributed by atoms with Crippen LogP contribution in [0.25, 0.3) is 22.3 Å². The van der Waals surface area contributed by atoms with Crippen molar-refractivity contribution in [3.63, 3.8) is 0 Å². The van der Waals surface area contributed by atoms with Gasteiger partial charge >= 0.3 is 12.1 Å². The van der Waals surface area contributed by atoms with E-state index in [1.165, 1.54) is 6.92 Å². The first-order valence-corrected chi connectivity index (χ1v) is 7.51. The van der Waals surface area contributed by atoms with Gasteiger partial charge in [-0.15, -0.1) is 0 Å². The molecular formula is C16H15F3N4O2. The molecule has 0 aliphatic rings. The Balaban J connectivity index is 1.91. The van der Waals surface area contributed by atoms with E-state index in [9.17, 15) is 18.0 Å². The van der Waals surface area contributed by atoms with Crippen molar-refractivity contribution >= 4 is 16.8 Å². The van der Waals surface area contributed by atoms with Crippen molar-refractivity contribution in [1.29, 1.82) is 0 Å². The predicted octanol–water partition coefficient (Wildman–Crippen LogP) is 3.15. The van der Waals surface area contributed by atoms with Crippen molar-refractivity contribution < 1.29 is 22.5 Å². The van der Waals surface area contributed by atoms with Crippen LogP contribution in [0, 0.1) is 6.92 Å². The minimum atomic E-state index is -4.67. The fourth-order valence-electron chi connectivity index (χ4n) is 2.61. The van der Waals surface area contributed by atoms with Crippen LogP contribution in [0.3, 0.4) is 0 Å². The lowest BCUT2D eigenvalue weighted by Gasteiger charge is -2.06. The number of fused-ring (bicyclic) bond motifs is 1. The topological polar surface area (TPSA) is 73.0 Å². The number of amides is 1. The van der Waals surface area contributed by atoms with E-state index in [2.05, 4.69) is 20.0 Å². The second-order valence-corrected chi connectivity index (χ2v) is 5.64. The third-order valence-electron chi connectivity index (χ3n) is 3.73. The predicted molar refractivity (Wildman–Crippen MR) is 83.7 cm³/mol. The fraction of sp³-hybridized carbons (Fsp3) is 0.312. The Labute approximate surface area is 140 Å². The van der Waals surface area contributed by atoms with Crippen molar-refractivity contribution in [1.82, 2.24) is 20.0 Å². The molecule has 25 heavy (non-hydrogen) atoms. The molecule has 1 N–H and O–H groups in total. The van der Waals surface area contributed by atoms with Gasteiger partial charge in [0.1, 0.15) is 0 Å². The lowest BCUT2D eigenvalue weighted by atomic mass is 10.1. The van der Waals surface area contributed by atoms with Crippen LogP contribution < -0.4 is 5.32 Å². The maximum atomic E-state index is 12.6. The van der Waals surface area contributed by atoms with E-state index in [1.54, 1.807) is 18.2 Å². The van der Waals surface area contributed by atoms with Crippen LogP contribution in [-0.4, -0.2) is 27.2 Å². The number of carbonyl (C=O) groups is 1. The first kappa shape index (κ1) is 17.0. The standard InChI is InChI=1S/C16H15F3N4O2/c1-9-8-23(6-5-20-10(2)24)13-4-3-11(7-12(9)13)14-21-15(25-22-14)16(17,18)19/h3-4,7-8H,5-6H2,1-2H3,(H,20,24). The van der Waals surface area contributed by atoms with Gasteiger partial charge in [0.05, 0.1) is 0 Å². The van der Waals surface area contributed by atoms with Gasteiger partial charge in [-0.25, -0.2) is 0 Å². The molecular weight excluding hydrogens is 337 g/mol. The third kappa shape index (κ3) is 3.49. The number of benzene rings is 1. The SMILES string of the molecule is CC(=O)NCCn1cc(C)c2cc(-c3noc(C(F)(F)F)n3)ccc21. The number of alkyl halides is 3. The van der Waals surface area contributed by atoms with E-state index in [0.717, 1.165) is 16.5 Å². The molecule has 2 heterocycles. The van der Waals surface area contributed by atoms with Crippen molar-refractivity contribution in [2.45, 2.75) is 26.6 Å². The molecule has 0 spiro atoms. The second-order valence-electron chi connectivity index (χ2n) is 5.64. The number of nitrogens with one attached hydrogen (secondary N) is 1. The normalized spacial score (nSPS) is 11.9. The molecule has 0 aliphatic carbocycles. The molecule has 2 aromatic heterocycles. The molecule has 0 bridgehead atoms. The summed E-state index contributed by atoms with van der Waals surface area (Å²) in [5.41, 5.74) is 2.31. The number of hydrogen-bond acceptors (Lipinski definition) is 4. The number of hydrogen-bond donors (Lipinski definition) is 1. The summed E-state index contributed by atoms with van der Waals surface area (Å²) in [4.78, 5) is 14.4. The minimum absolute atomic E-state index is 0.104. The van der Waals surface area contributed by atoms with Crippen molar-refractivity contribution in [3.8, 4) is 11.4 Å². The van der Waals surface area contributed by atoms with E-state index in [-0.39, 0.29) is 11.7 Å². The molecule has 0 radical (unpaired) electrons. The first-order chi connectivity index (χ1) is 11.8. The summed E-state index contributed by atoms with van der Waals surface area (Å²) >= 11 is 0. The molecule has 0 fully saturated rings. The number of nitrogens with zero attached hydrogens (tertiary/aromatic N) is 3. The Bertz CT molecular complexity index is 927. The summed E-state index contributed by atoms with van der Waals surface area (Å²) in [5.74, 6) is -1.58. The van der Waals surface area contributed by atoms with E-state index >= 15 is 0 Å². The van der Waals surface area contributed by atoms with E-state index in [4.69, 9.17) is 0 Å². The van der Waals surface area contributed by atoms with Crippen LogP contribution in [0.2, 0.25) is 0 Å². The molecule has 3 aromatic rings. The van der Waals surface area contributed by atoms with Crippen LogP contribution in [-0.2, 0) is 17.5 Å². The van der Waals surface area contributed by atoms with Crippen molar-refractivity contribution in [3.05, 3.63) is 35.9 Å². The molecule has 3 rings (SSSR count). The summed E-state index contributed by atoms with van der Waals surface area (Å²) in [5, 5.41) is 7.00. The Morgan fingerprint density at radius 1 is 1.36 bits per heavy atom. The average Bonchev–Trinajstić information content (AvgIpc) is 3.13. The third-order valence-corrected chi connectivity index (χ3v) is 3.73. The molecule has 1 aromatic carbocycles. The van der Waals surface area contributed by atoms with Crippen LogP contribution in [0.1, 0.15) is 18.4 Å². The zero-order chi connectivity index (χ0) is 18.2. The van der Waals surface area contributed by atoms with Gasteiger partial charge in [-0.05, 0) is 30.7 Å². The fourth-order valence-corrected chi connectivity index (χ4v) is 2.61. The maximum absolute atomic E-state index is 12.6. The highest BCUT2D eigenvalue weighted by Gasteiger charge is 2.38. The smallest absolute Gasteiger partial charge is 0.355 e. The van der Waals surface area contributed by atoms with Crippen molar-refractivity contribution in [2.75, 3.05) is 6.54 Å². The largest absolute Gasteiger partial charge is 0.471 e. The monoisotopic (exact) mass is 352 g/mol. The minimum Gasteiger partial charge on any atom is -0.355 e. The van der Waals surface area contributed by atoms with E-state index < -0.39 is 12.1 Å². The zero-order valence-electron chi connectivity index (χ0n) is 13.5. The molecule has 1 amide bonds. The van der Waals surface area contributed by atoms with E-state index in [1.807, 2.05) is 17.7 Å². The van der Waals surface area contributed by atoms with Crippen LogP contribution in [0.15, 0.2) is 28.9 Å². The summed E-state index contributed by atoms with van der Waals surface area (Å²) in [6.45, 7) is 4.42. The van der Waals surface area contributed by atoms with Crippen LogP contribution >= 0.6 is 0 Å². The van der Waals surface area contributed by atoms with Gasteiger partial charge in [-0.3, -0.25) is 4.79 Å². The number of carbonyl (C=O) groups excluding carboxylic acids is 1. The highest BCUT2D eigenvalue weighted by molar-refractivity contribution is 5.87. The van der Waals surface area contributed by atoms with Gasteiger partial charge in [-0.2, -0.15) is 18.2 Å². The molecule has 0 aliphatic heterocycles. The molecule has 0 atom stereocenters. The lowest BCUT2D eigenvalue weighted by Crippen LogP contribution is -2.24. The van der Waals surface area contributed by atoms with Gasteiger partial charge in [0.15, 0.2) is 0 Å². The Morgan fingerprint density at radius 2 is 2.12 bits per heavy atom. The van der Waals surface area contributed by atoms with Crippen molar-refractivity contribution in [2.24, 2.45) is 0 Å². The summed E-state index contributed by atoms with van der Waals surface area (Å²) in [6, 6.07) is 5.15. The van der Waals surface area contributed by atoms with Crippen LogP contribution in [0.5, 0.6) is 0 Å². The molecule has 0 saturated carbocycles. The molecule has 9 heteroatoms. The van der Waals surface area contributed by atoms with Gasteiger partial charge < -0.3 is 14.4 Å². The van der Waals surface area contributed by atoms with Crippen LogP contribution in [0.4, 0.5) is 13.2 Å². The Morgan fingerprint density at radius 3 is 2.76 bits per heavy atom. The summed E-state index contributed by atoms with van der Waals surface area (Å²) in [7, 11) is 0. The Hall–Kier alpha value is -2.84. The van der Waals surface area contributed by atoms with E-state index in [0.29, 0.717) is 18.7 Å².